The molecule has 1 aliphatic carbocycles. The lowest BCUT2D eigenvalue weighted by atomic mass is 9.75. The Morgan fingerprint density at radius 3 is 2.67 bits per heavy atom. The van der Waals surface area contributed by atoms with Crippen molar-refractivity contribution < 1.29 is 4.79 Å². The molecule has 1 amide bonds. The molecule has 2 unspecified atom stereocenters. The first-order chi connectivity index (χ1) is 10.1. The molecular weight excluding hydrogens is 282 g/mol. The number of rotatable bonds is 2. The Hall–Kier alpha value is -1.49. The number of hydrogen-bond donors (Lipinski definition) is 1. The molecule has 1 aromatic heterocycles. The van der Waals surface area contributed by atoms with Crippen LogP contribution in [0.1, 0.15) is 48.2 Å². The van der Waals surface area contributed by atoms with Gasteiger partial charge < -0.3 is 10.6 Å². The Morgan fingerprint density at radius 2 is 2.00 bits per heavy atom. The number of aromatic nitrogens is 1. The fourth-order valence-corrected chi connectivity index (χ4v) is 3.73. The third-order valence-electron chi connectivity index (χ3n) is 4.85. The second kappa shape index (κ2) is 6.10. The zero-order valence-corrected chi connectivity index (χ0v) is 12.9. The van der Waals surface area contributed by atoms with E-state index in [9.17, 15) is 4.79 Å². The number of pyridine rings is 1. The summed E-state index contributed by atoms with van der Waals surface area (Å²) >= 11 is 4.90. The highest BCUT2D eigenvalue weighted by atomic mass is 32.1. The van der Waals surface area contributed by atoms with E-state index in [-0.39, 0.29) is 5.91 Å². The van der Waals surface area contributed by atoms with Gasteiger partial charge in [0.05, 0.1) is 0 Å². The number of piperidine rings is 1. The Morgan fingerprint density at radius 1 is 1.24 bits per heavy atom. The van der Waals surface area contributed by atoms with E-state index < -0.39 is 0 Å². The van der Waals surface area contributed by atoms with Crippen LogP contribution in [0.15, 0.2) is 18.3 Å². The maximum Gasteiger partial charge on any atom is 0.272 e. The van der Waals surface area contributed by atoms with Crippen LogP contribution in [-0.4, -0.2) is 33.9 Å². The summed E-state index contributed by atoms with van der Waals surface area (Å²) in [4.78, 5) is 19.1. The first-order valence-electron chi connectivity index (χ1n) is 7.70. The summed E-state index contributed by atoms with van der Waals surface area (Å²) in [5.41, 5.74) is 6.74. The third-order valence-corrected chi connectivity index (χ3v) is 5.08. The van der Waals surface area contributed by atoms with Crippen LogP contribution in [0, 0.1) is 11.8 Å². The average molecular weight is 303 g/mol. The number of carbonyl (C=O) groups is 1. The van der Waals surface area contributed by atoms with Gasteiger partial charge in [-0.15, -0.1) is 0 Å². The lowest BCUT2D eigenvalue weighted by Gasteiger charge is -2.41. The number of nitrogens with zero attached hydrogens (tertiary/aromatic N) is 2. The molecule has 2 aliphatic rings. The molecule has 1 aromatic rings. The molecule has 1 saturated heterocycles. The van der Waals surface area contributed by atoms with Crippen molar-refractivity contribution >= 4 is 23.1 Å². The standard InChI is InChI=1S/C16H21N3OS/c17-15(21)12-5-6-14(18-9-12)16(20)19-8-7-11-3-1-2-4-13(11)10-19/h5-6,9,11,13H,1-4,7-8,10H2,(H2,17,21). The minimum Gasteiger partial charge on any atom is -0.389 e. The van der Waals surface area contributed by atoms with Gasteiger partial charge in [0.15, 0.2) is 0 Å². The summed E-state index contributed by atoms with van der Waals surface area (Å²) in [5, 5.41) is 0. The van der Waals surface area contributed by atoms with Gasteiger partial charge in [0.2, 0.25) is 0 Å². The summed E-state index contributed by atoms with van der Waals surface area (Å²) in [6.07, 6.45) is 8.00. The van der Waals surface area contributed by atoms with E-state index in [1.165, 1.54) is 25.7 Å². The van der Waals surface area contributed by atoms with Gasteiger partial charge in [0.1, 0.15) is 10.7 Å². The van der Waals surface area contributed by atoms with Gasteiger partial charge in [-0.2, -0.15) is 0 Å². The molecule has 4 nitrogen and oxygen atoms in total. The SMILES string of the molecule is NC(=S)c1ccc(C(=O)N2CCC3CCCCC3C2)nc1. The largest absolute Gasteiger partial charge is 0.389 e. The van der Waals surface area contributed by atoms with Crippen LogP contribution in [0.2, 0.25) is 0 Å². The molecule has 1 saturated carbocycles. The molecule has 112 valence electrons. The monoisotopic (exact) mass is 303 g/mol. The highest BCUT2D eigenvalue weighted by Gasteiger charge is 2.33. The molecule has 0 aromatic carbocycles. The van der Waals surface area contributed by atoms with Gasteiger partial charge in [0.25, 0.3) is 5.91 Å². The van der Waals surface area contributed by atoms with Crippen LogP contribution >= 0.6 is 12.2 Å². The van der Waals surface area contributed by atoms with Crippen molar-refractivity contribution in [3.63, 3.8) is 0 Å². The number of nitrogens with two attached hydrogens (primary N) is 1. The smallest absolute Gasteiger partial charge is 0.272 e. The van der Waals surface area contributed by atoms with Crippen LogP contribution in [0.25, 0.3) is 0 Å². The lowest BCUT2D eigenvalue weighted by molar-refractivity contribution is 0.0515. The van der Waals surface area contributed by atoms with Crippen molar-refractivity contribution in [2.45, 2.75) is 32.1 Å². The fraction of sp³-hybridized carbons (Fsp3) is 0.562. The predicted molar refractivity (Wildman–Crippen MR) is 86.1 cm³/mol. The molecule has 2 N–H and O–H groups in total. The van der Waals surface area contributed by atoms with Gasteiger partial charge >= 0.3 is 0 Å². The molecule has 2 fully saturated rings. The number of carbonyl (C=O) groups excluding carboxylic acids is 1. The van der Waals surface area contributed by atoms with Crippen LogP contribution in [-0.2, 0) is 0 Å². The van der Waals surface area contributed by atoms with Gasteiger partial charge in [-0.1, -0.05) is 31.5 Å². The van der Waals surface area contributed by atoms with Crippen molar-refractivity contribution in [3.05, 3.63) is 29.6 Å². The quantitative estimate of drug-likeness (QED) is 0.852. The van der Waals surface area contributed by atoms with Gasteiger partial charge in [-0.25, -0.2) is 0 Å². The Labute approximate surface area is 130 Å². The minimum absolute atomic E-state index is 0.0357. The zero-order valence-electron chi connectivity index (χ0n) is 12.1. The molecular formula is C16H21N3OS. The normalized spacial score (nSPS) is 25.2. The van der Waals surface area contributed by atoms with E-state index in [2.05, 4.69) is 4.98 Å². The zero-order chi connectivity index (χ0) is 14.8. The molecule has 1 aliphatic heterocycles. The molecule has 0 spiro atoms. The maximum absolute atomic E-state index is 12.6. The lowest BCUT2D eigenvalue weighted by Crippen LogP contribution is -2.45. The van der Waals surface area contributed by atoms with Crippen LogP contribution < -0.4 is 5.73 Å². The molecule has 0 radical (unpaired) electrons. The van der Waals surface area contributed by atoms with E-state index in [0.29, 0.717) is 22.2 Å². The second-order valence-electron chi connectivity index (χ2n) is 6.14. The van der Waals surface area contributed by atoms with E-state index in [1.54, 1.807) is 18.3 Å². The van der Waals surface area contributed by atoms with E-state index in [1.807, 2.05) is 4.90 Å². The molecule has 2 heterocycles. The number of likely N-dealkylation sites (tertiary alicyclic amines) is 1. The van der Waals surface area contributed by atoms with Crippen molar-refractivity contribution in [1.82, 2.24) is 9.88 Å². The fourth-order valence-electron chi connectivity index (χ4n) is 3.61. The molecule has 0 bridgehead atoms. The summed E-state index contributed by atoms with van der Waals surface area (Å²) in [7, 11) is 0. The number of fused-ring (bicyclic) bond motifs is 1. The number of hydrogen-bond acceptors (Lipinski definition) is 3. The van der Waals surface area contributed by atoms with Gasteiger partial charge in [-0.3, -0.25) is 9.78 Å². The Balaban J connectivity index is 1.68. The molecule has 2 atom stereocenters. The molecule has 3 rings (SSSR count). The minimum atomic E-state index is 0.0357. The van der Waals surface area contributed by atoms with Gasteiger partial charge in [-0.05, 0) is 36.8 Å². The Kier molecular flexibility index (Phi) is 4.19. The highest BCUT2D eigenvalue weighted by Crippen LogP contribution is 2.36. The van der Waals surface area contributed by atoms with E-state index >= 15 is 0 Å². The number of amides is 1. The summed E-state index contributed by atoms with van der Waals surface area (Å²) in [6.45, 7) is 1.75. The first kappa shape index (κ1) is 14.4. The summed E-state index contributed by atoms with van der Waals surface area (Å²) in [5.74, 6) is 1.55. The van der Waals surface area contributed by atoms with Crippen molar-refractivity contribution in [2.24, 2.45) is 17.6 Å². The molecule has 5 heteroatoms. The maximum atomic E-state index is 12.6. The van der Waals surface area contributed by atoms with E-state index in [4.69, 9.17) is 18.0 Å². The highest BCUT2D eigenvalue weighted by molar-refractivity contribution is 7.80. The molecule has 21 heavy (non-hydrogen) atoms. The predicted octanol–water partition coefficient (Wildman–Crippen LogP) is 2.37. The van der Waals surface area contributed by atoms with Gasteiger partial charge in [0, 0.05) is 24.8 Å². The van der Waals surface area contributed by atoms with E-state index in [0.717, 1.165) is 25.4 Å². The van der Waals surface area contributed by atoms with Crippen molar-refractivity contribution in [2.75, 3.05) is 13.1 Å². The van der Waals surface area contributed by atoms with Crippen LogP contribution in [0.4, 0.5) is 0 Å². The number of thiocarbonyl (C=S) groups is 1. The van der Waals surface area contributed by atoms with Crippen LogP contribution in [0.5, 0.6) is 0 Å². The average Bonchev–Trinajstić information content (AvgIpc) is 2.54. The third kappa shape index (κ3) is 3.07. The van der Waals surface area contributed by atoms with Crippen LogP contribution in [0.3, 0.4) is 0 Å². The summed E-state index contributed by atoms with van der Waals surface area (Å²) in [6, 6.07) is 3.50. The van der Waals surface area contributed by atoms with Crippen molar-refractivity contribution in [3.8, 4) is 0 Å². The summed E-state index contributed by atoms with van der Waals surface area (Å²) < 4.78 is 0. The first-order valence-corrected chi connectivity index (χ1v) is 8.11. The second-order valence-corrected chi connectivity index (χ2v) is 6.58. The topological polar surface area (TPSA) is 59.2 Å². The Bertz CT molecular complexity index is 543. The van der Waals surface area contributed by atoms with Crippen molar-refractivity contribution in [1.29, 1.82) is 0 Å².